The Kier molecular flexibility index (Phi) is 5.25. The highest BCUT2D eigenvalue weighted by Gasteiger charge is 2.17. The Morgan fingerprint density at radius 1 is 1.35 bits per heavy atom. The summed E-state index contributed by atoms with van der Waals surface area (Å²) in [5.74, 6) is 1.93. The zero-order valence-electron chi connectivity index (χ0n) is 11.8. The van der Waals surface area contributed by atoms with Crippen molar-refractivity contribution in [2.45, 2.75) is 38.2 Å². The number of aliphatic hydroxyl groups is 1. The van der Waals surface area contributed by atoms with Crippen LogP contribution in [-0.2, 0) is 0 Å². The maximum Gasteiger partial charge on any atom is 0.161 e. The maximum absolute atomic E-state index is 9.87. The van der Waals surface area contributed by atoms with Crippen LogP contribution >= 0.6 is 0 Å². The molecule has 20 heavy (non-hydrogen) atoms. The van der Waals surface area contributed by atoms with E-state index in [1.54, 1.807) is 25.3 Å². The van der Waals surface area contributed by atoms with Gasteiger partial charge in [0.1, 0.15) is 0 Å². The second kappa shape index (κ2) is 7.16. The van der Waals surface area contributed by atoms with Crippen LogP contribution in [0.25, 0.3) is 0 Å². The maximum atomic E-state index is 9.87. The monoisotopic (exact) mass is 275 g/mol. The molecule has 1 saturated carbocycles. The average molecular weight is 275 g/mol. The number of hydrogen-bond donors (Lipinski definition) is 1. The van der Waals surface area contributed by atoms with Gasteiger partial charge in [-0.05, 0) is 36.5 Å². The fraction of sp³-hybridized carbons (Fsp3) is 0.562. The fourth-order valence-electron chi connectivity index (χ4n) is 2.60. The van der Waals surface area contributed by atoms with E-state index in [2.05, 4.69) is 0 Å². The minimum atomic E-state index is -0.778. The van der Waals surface area contributed by atoms with Crippen LogP contribution in [0.1, 0.15) is 43.8 Å². The lowest BCUT2D eigenvalue weighted by molar-refractivity contribution is 0.182. The van der Waals surface area contributed by atoms with Crippen molar-refractivity contribution in [3.05, 3.63) is 23.8 Å². The van der Waals surface area contributed by atoms with Crippen molar-refractivity contribution in [1.29, 1.82) is 5.26 Å². The predicted molar refractivity (Wildman–Crippen MR) is 75.6 cm³/mol. The molecule has 4 heteroatoms. The summed E-state index contributed by atoms with van der Waals surface area (Å²) >= 11 is 0. The Balaban J connectivity index is 2.07. The minimum Gasteiger partial charge on any atom is -0.493 e. The lowest BCUT2D eigenvalue weighted by Crippen LogP contribution is -2.09. The van der Waals surface area contributed by atoms with Crippen LogP contribution in [0.4, 0.5) is 0 Å². The second-order valence-electron chi connectivity index (χ2n) is 5.25. The summed E-state index contributed by atoms with van der Waals surface area (Å²) in [6.45, 7) is 0.689. The van der Waals surface area contributed by atoms with Crippen LogP contribution in [0, 0.1) is 17.2 Å². The largest absolute Gasteiger partial charge is 0.493 e. The van der Waals surface area contributed by atoms with Gasteiger partial charge in [0, 0.05) is 0 Å². The van der Waals surface area contributed by atoms with Crippen molar-refractivity contribution in [2.75, 3.05) is 13.7 Å². The summed E-state index contributed by atoms with van der Waals surface area (Å²) in [5.41, 5.74) is 0.689. The van der Waals surface area contributed by atoms with E-state index in [1.807, 2.05) is 6.07 Å². The molecule has 1 atom stereocenters. The van der Waals surface area contributed by atoms with E-state index in [0.29, 0.717) is 29.6 Å². The standard InChI is InChI=1S/C16H21NO3/c1-19-15-7-6-13(14(18)8-9-17)10-16(15)20-11-12-4-2-3-5-12/h6-7,10,12,14,18H,2-5,8,11H2,1H3. The number of nitriles is 1. The van der Waals surface area contributed by atoms with Gasteiger partial charge in [0.25, 0.3) is 0 Å². The third-order valence-corrected chi connectivity index (χ3v) is 3.81. The molecular formula is C16H21NO3. The molecule has 1 aromatic rings. The first-order valence-electron chi connectivity index (χ1n) is 7.10. The molecule has 1 fully saturated rings. The summed E-state index contributed by atoms with van der Waals surface area (Å²) in [5, 5.41) is 18.5. The van der Waals surface area contributed by atoms with Gasteiger partial charge in [0.2, 0.25) is 0 Å². The summed E-state index contributed by atoms with van der Waals surface area (Å²) in [6.07, 6.45) is 4.31. The SMILES string of the molecule is COc1ccc(C(O)CC#N)cc1OCC1CCCC1. The Bertz CT molecular complexity index is 475. The van der Waals surface area contributed by atoms with Crippen LogP contribution < -0.4 is 9.47 Å². The van der Waals surface area contributed by atoms with Crippen LogP contribution in [-0.4, -0.2) is 18.8 Å². The van der Waals surface area contributed by atoms with E-state index in [1.165, 1.54) is 25.7 Å². The van der Waals surface area contributed by atoms with E-state index in [-0.39, 0.29) is 6.42 Å². The van der Waals surface area contributed by atoms with E-state index < -0.39 is 6.10 Å². The quantitative estimate of drug-likeness (QED) is 0.866. The molecule has 0 radical (unpaired) electrons. The molecule has 2 rings (SSSR count). The molecule has 1 N–H and O–H groups in total. The summed E-state index contributed by atoms with van der Waals surface area (Å²) < 4.78 is 11.1. The van der Waals surface area contributed by atoms with E-state index >= 15 is 0 Å². The zero-order valence-corrected chi connectivity index (χ0v) is 11.8. The Hall–Kier alpha value is -1.73. The molecule has 1 aromatic carbocycles. The molecule has 4 nitrogen and oxygen atoms in total. The van der Waals surface area contributed by atoms with Crippen molar-refractivity contribution in [3.63, 3.8) is 0 Å². The van der Waals surface area contributed by atoms with Crippen molar-refractivity contribution in [1.82, 2.24) is 0 Å². The fourth-order valence-corrected chi connectivity index (χ4v) is 2.60. The lowest BCUT2D eigenvalue weighted by atomic mass is 10.1. The molecular weight excluding hydrogens is 254 g/mol. The van der Waals surface area contributed by atoms with Gasteiger partial charge < -0.3 is 14.6 Å². The second-order valence-corrected chi connectivity index (χ2v) is 5.25. The number of rotatable bonds is 6. The smallest absolute Gasteiger partial charge is 0.161 e. The van der Waals surface area contributed by atoms with Crippen molar-refractivity contribution < 1.29 is 14.6 Å². The molecule has 0 spiro atoms. The number of ether oxygens (including phenoxy) is 2. The molecule has 0 heterocycles. The number of hydrogen-bond acceptors (Lipinski definition) is 4. The molecule has 1 unspecified atom stereocenters. The Labute approximate surface area is 119 Å². The minimum absolute atomic E-state index is 0.0778. The number of benzene rings is 1. The van der Waals surface area contributed by atoms with Gasteiger partial charge in [0.05, 0.1) is 32.3 Å². The van der Waals surface area contributed by atoms with Crippen LogP contribution in [0.15, 0.2) is 18.2 Å². The van der Waals surface area contributed by atoms with Gasteiger partial charge in [0.15, 0.2) is 11.5 Å². The molecule has 0 aliphatic heterocycles. The molecule has 1 aliphatic carbocycles. The number of aliphatic hydroxyl groups excluding tert-OH is 1. The van der Waals surface area contributed by atoms with Gasteiger partial charge in [-0.1, -0.05) is 18.9 Å². The zero-order chi connectivity index (χ0) is 14.4. The third-order valence-electron chi connectivity index (χ3n) is 3.81. The summed E-state index contributed by atoms with van der Waals surface area (Å²) in [7, 11) is 1.60. The summed E-state index contributed by atoms with van der Waals surface area (Å²) in [4.78, 5) is 0. The first kappa shape index (κ1) is 14.7. The highest BCUT2D eigenvalue weighted by atomic mass is 16.5. The molecule has 0 bridgehead atoms. The van der Waals surface area contributed by atoms with E-state index in [4.69, 9.17) is 14.7 Å². The molecule has 0 saturated heterocycles. The van der Waals surface area contributed by atoms with Gasteiger partial charge in [-0.25, -0.2) is 0 Å². The number of nitrogens with zero attached hydrogens (tertiary/aromatic N) is 1. The average Bonchev–Trinajstić information content (AvgIpc) is 2.98. The lowest BCUT2D eigenvalue weighted by Gasteiger charge is -2.16. The van der Waals surface area contributed by atoms with Crippen LogP contribution in [0.5, 0.6) is 11.5 Å². The van der Waals surface area contributed by atoms with Crippen LogP contribution in [0.3, 0.4) is 0 Å². The van der Waals surface area contributed by atoms with Gasteiger partial charge in [-0.3, -0.25) is 0 Å². The topological polar surface area (TPSA) is 62.5 Å². The molecule has 108 valence electrons. The highest BCUT2D eigenvalue weighted by Crippen LogP contribution is 2.33. The number of methoxy groups -OCH3 is 1. The molecule has 1 aliphatic rings. The Morgan fingerprint density at radius 3 is 2.75 bits per heavy atom. The van der Waals surface area contributed by atoms with Gasteiger partial charge in [-0.2, -0.15) is 5.26 Å². The van der Waals surface area contributed by atoms with E-state index in [9.17, 15) is 5.11 Å². The molecule has 0 amide bonds. The van der Waals surface area contributed by atoms with Crippen molar-refractivity contribution in [2.24, 2.45) is 5.92 Å². The third kappa shape index (κ3) is 3.64. The van der Waals surface area contributed by atoms with Crippen molar-refractivity contribution in [3.8, 4) is 17.6 Å². The van der Waals surface area contributed by atoms with Gasteiger partial charge >= 0.3 is 0 Å². The van der Waals surface area contributed by atoms with Gasteiger partial charge in [-0.15, -0.1) is 0 Å². The first-order chi connectivity index (χ1) is 9.74. The summed E-state index contributed by atoms with van der Waals surface area (Å²) in [6, 6.07) is 7.29. The highest BCUT2D eigenvalue weighted by molar-refractivity contribution is 5.43. The first-order valence-corrected chi connectivity index (χ1v) is 7.10. The molecule has 0 aromatic heterocycles. The Morgan fingerprint density at radius 2 is 2.10 bits per heavy atom. The van der Waals surface area contributed by atoms with Crippen LogP contribution in [0.2, 0.25) is 0 Å². The van der Waals surface area contributed by atoms with E-state index in [0.717, 1.165) is 0 Å². The van der Waals surface area contributed by atoms with Crippen molar-refractivity contribution >= 4 is 0 Å². The normalized spacial score (nSPS) is 16.6. The predicted octanol–water partition coefficient (Wildman–Crippen LogP) is 3.21.